The third-order valence-corrected chi connectivity index (χ3v) is 6.81. The fourth-order valence-corrected chi connectivity index (χ4v) is 4.79. The van der Waals surface area contributed by atoms with Crippen molar-refractivity contribution in [1.82, 2.24) is 19.9 Å². The largest absolute Gasteiger partial charge is 0.399 e. The average Bonchev–Trinajstić information content (AvgIpc) is 3.60. The van der Waals surface area contributed by atoms with Crippen molar-refractivity contribution in [3.8, 4) is 11.1 Å². The number of amides is 1. The maximum absolute atomic E-state index is 13.7. The van der Waals surface area contributed by atoms with Gasteiger partial charge in [0.15, 0.2) is 5.82 Å². The highest BCUT2D eigenvalue weighted by Crippen LogP contribution is 2.32. The van der Waals surface area contributed by atoms with Gasteiger partial charge in [0.05, 0.1) is 18.3 Å². The Bertz CT molecular complexity index is 1380. The van der Waals surface area contributed by atoms with Gasteiger partial charge in [-0.2, -0.15) is 4.98 Å². The molecule has 194 valence electrons. The number of aromatic nitrogens is 2. The first-order valence-electron chi connectivity index (χ1n) is 12.6. The summed E-state index contributed by atoms with van der Waals surface area (Å²) >= 11 is 0. The van der Waals surface area contributed by atoms with E-state index in [0.29, 0.717) is 30.2 Å². The van der Waals surface area contributed by atoms with Crippen LogP contribution in [0.4, 0.5) is 0 Å². The van der Waals surface area contributed by atoms with Gasteiger partial charge in [0.2, 0.25) is 5.89 Å². The van der Waals surface area contributed by atoms with Crippen LogP contribution in [-0.4, -0.2) is 59.3 Å². The number of likely N-dealkylation sites (N-methyl/N-ethyl adjacent to an activating group) is 1. The van der Waals surface area contributed by atoms with Gasteiger partial charge >= 0.3 is 0 Å². The molecule has 1 aliphatic rings. The number of likely N-dealkylation sites (tertiary alicyclic amines) is 1. The molecular weight excluding hydrogens is 478 g/mol. The first-order valence-corrected chi connectivity index (χ1v) is 12.6. The van der Waals surface area contributed by atoms with Crippen LogP contribution >= 0.6 is 0 Å². The molecule has 8 heteroatoms. The molecule has 1 aromatic heterocycles. The standard InChI is InChI=1S/C30H31N5O3/c1-34(2)27(18-21-10-6-4-7-11-21)29-31-28(33-38-29)26-19-25(32-37-3)20-35(26)30(36)24-16-14-23(15-17-24)22-12-8-5-9-13-22/h4-17,26-27H,18-20H2,1-3H3/b32-25-/t26-,27+/m0/s1. The number of hydrogen-bond acceptors (Lipinski definition) is 7. The van der Waals surface area contributed by atoms with Crippen LogP contribution in [0.2, 0.25) is 0 Å². The summed E-state index contributed by atoms with van der Waals surface area (Å²) in [4.78, 5) is 27.3. The Hall–Kier alpha value is -4.30. The molecule has 8 nitrogen and oxygen atoms in total. The van der Waals surface area contributed by atoms with Crippen LogP contribution < -0.4 is 0 Å². The molecule has 3 aromatic carbocycles. The lowest BCUT2D eigenvalue weighted by Crippen LogP contribution is -2.32. The van der Waals surface area contributed by atoms with E-state index in [9.17, 15) is 4.79 Å². The molecule has 5 rings (SSSR count). The minimum atomic E-state index is -0.401. The topological polar surface area (TPSA) is 84.1 Å². The highest BCUT2D eigenvalue weighted by atomic mass is 16.6. The SMILES string of the molecule is CO/N=C1/C[C@@H](c2noc([C@@H](Cc3ccccc3)N(C)C)n2)N(C(=O)c2ccc(-c3ccccc3)cc2)C1. The second kappa shape index (κ2) is 11.4. The highest BCUT2D eigenvalue weighted by Gasteiger charge is 2.38. The Morgan fingerprint density at radius 2 is 1.68 bits per heavy atom. The van der Waals surface area contributed by atoms with Gasteiger partial charge in [-0.05, 0) is 49.3 Å². The third-order valence-electron chi connectivity index (χ3n) is 6.81. The van der Waals surface area contributed by atoms with Gasteiger partial charge in [-0.25, -0.2) is 0 Å². The second-order valence-corrected chi connectivity index (χ2v) is 9.60. The molecule has 2 heterocycles. The molecule has 0 radical (unpaired) electrons. The van der Waals surface area contributed by atoms with E-state index in [-0.39, 0.29) is 11.9 Å². The number of benzene rings is 3. The van der Waals surface area contributed by atoms with Gasteiger partial charge in [-0.15, -0.1) is 0 Å². The molecule has 2 atom stereocenters. The number of carbonyl (C=O) groups excluding carboxylic acids is 1. The van der Waals surface area contributed by atoms with E-state index in [1.54, 1.807) is 4.90 Å². The zero-order chi connectivity index (χ0) is 26.5. The molecule has 0 bridgehead atoms. The smallest absolute Gasteiger partial charge is 0.254 e. The van der Waals surface area contributed by atoms with Crippen molar-refractivity contribution in [2.24, 2.45) is 5.16 Å². The van der Waals surface area contributed by atoms with Crippen LogP contribution in [0.5, 0.6) is 0 Å². The molecular formula is C30H31N5O3. The van der Waals surface area contributed by atoms with Gasteiger partial charge in [-0.1, -0.05) is 83.1 Å². The van der Waals surface area contributed by atoms with Gasteiger partial charge < -0.3 is 14.3 Å². The van der Waals surface area contributed by atoms with E-state index in [1.165, 1.54) is 12.7 Å². The van der Waals surface area contributed by atoms with Gasteiger partial charge in [0, 0.05) is 12.0 Å². The molecule has 0 unspecified atom stereocenters. The number of oxime groups is 1. The van der Waals surface area contributed by atoms with Crippen LogP contribution in [-0.2, 0) is 11.3 Å². The minimum Gasteiger partial charge on any atom is -0.399 e. The molecule has 1 fully saturated rings. The highest BCUT2D eigenvalue weighted by molar-refractivity contribution is 6.00. The molecule has 0 saturated carbocycles. The second-order valence-electron chi connectivity index (χ2n) is 9.60. The summed E-state index contributed by atoms with van der Waals surface area (Å²) in [6.45, 7) is 0.336. The molecule has 1 amide bonds. The molecule has 0 spiro atoms. The van der Waals surface area contributed by atoms with Crippen LogP contribution in [0.3, 0.4) is 0 Å². The van der Waals surface area contributed by atoms with Crippen molar-refractivity contribution in [2.45, 2.75) is 24.9 Å². The molecule has 0 aliphatic carbocycles. The van der Waals surface area contributed by atoms with Crippen LogP contribution in [0.1, 0.15) is 46.1 Å². The summed E-state index contributed by atoms with van der Waals surface area (Å²) in [5.74, 6) is 0.872. The Morgan fingerprint density at radius 1 is 1.03 bits per heavy atom. The first-order chi connectivity index (χ1) is 18.5. The van der Waals surface area contributed by atoms with Crippen molar-refractivity contribution in [1.29, 1.82) is 0 Å². The van der Waals surface area contributed by atoms with Crippen molar-refractivity contribution in [2.75, 3.05) is 27.7 Å². The quantitative estimate of drug-likeness (QED) is 0.305. The first kappa shape index (κ1) is 25.4. The number of carbonyl (C=O) groups is 1. The lowest BCUT2D eigenvalue weighted by atomic mass is 10.0. The van der Waals surface area contributed by atoms with E-state index in [2.05, 4.69) is 27.3 Å². The lowest BCUT2D eigenvalue weighted by molar-refractivity contribution is 0.0732. The van der Waals surface area contributed by atoms with Crippen molar-refractivity contribution < 1.29 is 14.2 Å². The maximum Gasteiger partial charge on any atom is 0.254 e. The Kier molecular flexibility index (Phi) is 7.60. The Labute approximate surface area is 222 Å². The lowest BCUT2D eigenvalue weighted by Gasteiger charge is -2.22. The Morgan fingerprint density at radius 3 is 2.34 bits per heavy atom. The normalized spacial score (nSPS) is 17.2. The van der Waals surface area contributed by atoms with Crippen molar-refractivity contribution in [3.05, 3.63) is 108 Å². The summed E-state index contributed by atoms with van der Waals surface area (Å²) in [7, 11) is 5.49. The van der Waals surface area contributed by atoms with Gasteiger partial charge in [0.1, 0.15) is 13.2 Å². The van der Waals surface area contributed by atoms with Crippen LogP contribution in [0, 0.1) is 0 Å². The van der Waals surface area contributed by atoms with Gasteiger partial charge in [0.25, 0.3) is 5.91 Å². The van der Waals surface area contributed by atoms with E-state index < -0.39 is 6.04 Å². The summed E-state index contributed by atoms with van der Waals surface area (Å²) in [5.41, 5.74) is 4.68. The molecule has 1 saturated heterocycles. The fourth-order valence-electron chi connectivity index (χ4n) is 4.79. The average molecular weight is 510 g/mol. The number of rotatable bonds is 8. The third kappa shape index (κ3) is 5.50. The summed E-state index contributed by atoms with van der Waals surface area (Å²) < 4.78 is 5.75. The fraction of sp³-hybridized carbons (Fsp3) is 0.267. The van der Waals surface area contributed by atoms with E-state index in [4.69, 9.17) is 14.3 Å². The Balaban J connectivity index is 1.39. The maximum atomic E-state index is 13.7. The minimum absolute atomic E-state index is 0.0955. The zero-order valence-electron chi connectivity index (χ0n) is 21.8. The van der Waals surface area contributed by atoms with E-state index in [1.807, 2.05) is 86.9 Å². The monoisotopic (exact) mass is 509 g/mol. The molecule has 0 N–H and O–H groups in total. The number of hydrogen-bond donors (Lipinski definition) is 0. The molecule has 1 aliphatic heterocycles. The van der Waals surface area contributed by atoms with Crippen LogP contribution in [0.15, 0.2) is 94.6 Å². The molecule has 4 aromatic rings. The predicted molar refractivity (Wildman–Crippen MR) is 146 cm³/mol. The summed E-state index contributed by atoms with van der Waals surface area (Å²) in [5, 5.41) is 8.45. The van der Waals surface area contributed by atoms with Crippen molar-refractivity contribution >= 4 is 11.6 Å². The molecule has 38 heavy (non-hydrogen) atoms. The van der Waals surface area contributed by atoms with Crippen molar-refractivity contribution in [3.63, 3.8) is 0 Å². The van der Waals surface area contributed by atoms with Crippen LogP contribution in [0.25, 0.3) is 11.1 Å². The van der Waals surface area contributed by atoms with E-state index in [0.717, 1.165) is 23.3 Å². The van der Waals surface area contributed by atoms with E-state index >= 15 is 0 Å². The zero-order valence-corrected chi connectivity index (χ0v) is 21.8. The summed E-state index contributed by atoms with van der Waals surface area (Å²) in [6.07, 6.45) is 1.21. The summed E-state index contributed by atoms with van der Waals surface area (Å²) in [6, 6.07) is 27.4. The van der Waals surface area contributed by atoms with Gasteiger partial charge in [-0.3, -0.25) is 9.69 Å². The number of nitrogens with zero attached hydrogens (tertiary/aromatic N) is 5. The predicted octanol–water partition coefficient (Wildman–Crippen LogP) is 5.17.